The Morgan fingerprint density at radius 3 is 3.05 bits per heavy atom. The number of benzene rings is 1. The Balaban J connectivity index is 2.01. The Morgan fingerprint density at radius 1 is 1.47 bits per heavy atom. The molecule has 0 spiro atoms. The van der Waals surface area contributed by atoms with Crippen LogP contribution < -0.4 is 0 Å². The van der Waals surface area contributed by atoms with E-state index in [1.54, 1.807) is 0 Å². The van der Waals surface area contributed by atoms with E-state index < -0.39 is 0 Å². The van der Waals surface area contributed by atoms with Crippen LogP contribution in [-0.4, -0.2) is 28.3 Å². The van der Waals surface area contributed by atoms with Crippen molar-refractivity contribution in [3.8, 4) is 0 Å². The smallest absolute Gasteiger partial charge is 0.183 e. The maximum atomic E-state index is 12.0. The zero-order valence-electron chi connectivity index (χ0n) is 11.1. The minimum absolute atomic E-state index is 0.0993. The molecule has 1 aliphatic heterocycles. The van der Waals surface area contributed by atoms with Gasteiger partial charge in [-0.25, -0.2) is 0 Å². The molecule has 2 heterocycles. The number of hydrogen-bond acceptors (Lipinski definition) is 3. The van der Waals surface area contributed by atoms with Crippen molar-refractivity contribution in [1.29, 1.82) is 0 Å². The van der Waals surface area contributed by atoms with Crippen LogP contribution in [0.4, 0.5) is 0 Å². The second-order valence-electron chi connectivity index (χ2n) is 4.96. The Morgan fingerprint density at radius 2 is 2.32 bits per heavy atom. The first-order valence-corrected chi connectivity index (χ1v) is 6.90. The van der Waals surface area contributed by atoms with Gasteiger partial charge in [-0.1, -0.05) is 25.1 Å². The zero-order valence-corrected chi connectivity index (χ0v) is 11.1. The number of para-hydroxylation sites is 1. The lowest BCUT2D eigenvalue weighted by Gasteiger charge is -2.09. The molecule has 1 fully saturated rings. The van der Waals surface area contributed by atoms with Crippen LogP contribution in [0, 0.1) is 0 Å². The third kappa shape index (κ3) is 2.28. The molecule has 0 radical (unpaired) electrons. The monoisotopic (exact) mass is 258 g/mol. The predicted octanol–water partition coefficient (Wildman–Crippen LogP) is 2.81. The first kappa shape index (κ1) is 12.4. The quantitative estimate of drug-likeness (QED) is 0.792. The zero-order chi connectivity index (χ0) is 13.2. The van der Waals surface area contributed by atoms with Crippen molar-refractivity contribution in [1.82, 2.24) is 9.78 Å². The van der Waals surface area contributed by atoms with Crippen LogP contribution in [0.1, 0.15) is 36.7 Å². The van der Waals surface area contributed by atoms with Crippen LogP contribution in [0.25, 0.3) is 10.9 Å². The number of fused-ring (bicyclic) bond motifs is 1. The largest absolute Gasteiger partial charge is 0.376 e. The summed E-state index contributed by atoms with van der Waals surface area (Å²) >= 11 is 0. The lowest BCUT2D eigenvalue weighted by molar-refractivity contribution is 0.0934. The van der Waals surface area contributed by atoms with Crippen molar-refractivity contribution in [2.75, 3.05) is 6.61 Å². The highest BCUT2D eigenvalue weighted by molar-refractivity contribution is 6.05. The fourth-order valence-electron chi connectivity index (χ4n) is 2.62. The molecule has 4 heteroatoms. The maximum Gasteiger partial charge on any atom is 0.183 e. The van der Waals surface area contributed by atoms with E-state index >= 15 is 0 Å². The number of ether oxygens (including phenoxy) is 1. The molecule has 0 bridgehead atoms. The predicted molar refractivity (Wildman–Crippen MR) is 73.3 cm³/mol. The Hall–Kier alpha value is -1.68. The summed E-state index contributed by atoms with van der Waals surface area (Å²) in [5, 5.41) is 5.46. The standard InChI is InChI=1S/C15H18N2O2/c1-2-14(18)15-12-7-3-4-8-13(12)17(16-15)10-11-6-5-9-19-11/h3-4,7-8,11H,2,5-6,9-10H2,1H3. The molecule has 0 N–H and O–H groups in total. The topological polar surface area (TPSA) is 44.1 Å². The summed E-state index contributed by atoms with van der Waals surface area (Å²) in [5.41, 5.74) is 1.62. The second kappa shape index (κ2) is 5.13. The third-order valence-electron chi connectivity index (χ3n) is 3.64. The molecule has 1 saturated heterocycles. The summed E-state index contributed by atoms with van der Waals surface area (Å²) in [4.78, 5) is 12.0. The molecule has 0 saturated carbocycles. The van der Waals surface area contributed by atoms with Crippen LogP contribution in [0.3, 0.4) is 0 Å². The molecule has 0 aliphatic carbocycles. The van der Waals surface area contributed by atoms with Crippen LogP contribution in [0.2, 0.25) is 0 Å². The van der Waals surface area contributed by atoms with Gasteiger partial charge in [0.05, 0.1) is 18.2 Å². The van der Waals surface area contributed by atoms with Crippen molar-refractivity contribution in [2.45, 2.75) is 38.8 Å². The van der Waals surface area contributed by atoms with Gasteiger partial charge >= 0.3 is 0 Å². The van der Waals surface area contributed by atoms with E-state index in [9.17, 15) is 4.79 Å². The lowest BCUT2D eigenvalue weighted by atomic mass is 10.1. The van der Waals surface area contributed by atoms with Gasteiger partial charge in [0.25, 0.3) is 0 Å². The van der Waals surface area contributed by atoms with Gasteiger partial charge < -0.3 is 4.74 Å². The summed E-state index contributed by atoms with van der Waals surface area (Å²) in [6.07, 6.45) is 2.91. The molecular weight excluding hydrogens is 240 g/mol. The molecule has 1 aromatic heterocycles. The highest BCUT2D eigenvalue weighted by atomic mass is 16.5. The molecule has 2 aromatic rings. The first-order chi connectivity index (χ1) is 9.29. The van der Waals surface area contributed by atoms with Gasteiger partial charge in [-0.05, 0) is 18.9 Å². The van der Waals surface area contributed by atoms with E-state index in [1.807, 2.05) is 35.9 Å². The average Bonchev–Trinajstić information content (AvgIpc) is 3.07. The van der Waals surface area contributed by atoms with Gasteiger partial charge in [-0.2, -0.15) is 5.10 Å². The summed E-state index contributed by atoms with van der Waals surface area (Å²) < 4.78 is 7.58. The van der Waals surface area contributed by atoms with Gasteiger partial charge in [0, 0.05) is 18.4 Å². The van der Waals surface area contributed by atoms with Crippen LogP contribution in [-0.2, 0) is 11.3 Å². The summed E-state index contributed by atoms with van der Waals surface area (Å²) in [7, 11) is 0. The fraction of sp³-hybridized carbons (Fsp3) is 0.467. The number of carbonyl (C=O) groups excluding carboxylic acids is 1. The molecule has 1 unspecified atom stereocenters. The van der Waals surface area contributed by atoms with Gasteiger partial charge in [0.1, 0.15) is 5.69 Å². The van der Waals surface area contributed by atoms with Crippen LogP contribution >= 0.6 is 0 Å². The number of aromatic nitrogens is 2. The average molecular weight is 258 g/mol. The SMILES string of the molecule is CCC(=O)c1nn(CC2CCCO2)c2ccccc12. The normalized spacial score (nSPS) is 19.1. The minimum atomic E-state index is 0.0993. The second-order valence-corrected chi connectivity index (χ2v) is 4.96. The Bertz CT molecular complexity index is 597. The number of Topliss-reactive ketones (excluding diaryl/α,β-unsaturated/α-hetero) is 1. The number of carbonyl (C=O) groups is 1. The molecule has 19 heavy (non-hydrogen) atoms. The summed E-state index contributed by atoms with van der Waals surface area (Å²) in [5.74, 6) is 0.0993. The van der Waals surface area contributed by atoms with Crippen molar-refractivity contribution in [3.05, 3.63) is 30.0 Å². The number of nitrogens with zero attached hydrogens (tertiary/aromatic N) is 2. The summed E-state index contributed by atoms with van der Waals surface area (Å²) in [6, 6.07) is 7.92. The molecule has 100 valence electrons. The number of hydrogen-bond donors (Lipinski definition) is 0. The van der Waals surface area contributed by atoms with Gasteiger partial charge in [-0.15, -0.1) is 0 Å². The highest BCUT2D eigenvalue weighted by Gasteiger charge is 2.20. The van der Waals surface area contributed by atoms with E-state index in [4.69, 9.17) is 4.74 Å². The minimum Gasteiger partial charge on any atom is -0.376 e. The van der Waals surface area contributed by atoms with Crippen molar-refractivity contribution in [3.63, 3.8) is 0 Å². The van der Waals surface area contributed by atoms with Crippen molar-refractivity contribution < 1.29 is 9.53 Å². The maximum absolute atomic E-state index is 12.0. The van der Waals surface area contributed by atoms with E-state index in [1.165, 1.54) is 0 Å². The van der Waals surface area contributed by atoms with Gasteiger partial charge in [0.15, 0.2) is 5.78 Å². The molecular formula is C15H18N2O2. The van der Waals surface area contributed by atoms with Gasteiger partial charge in [0.2, 0.25) is 0 Å². The first-order valence-electron chi connectivity index (χ1n) is 6.90. The number of ketones is 1. The van der Waals surface area contributed by atoms with E-state index in [0.29, 0.717) is 12.1 Å². The molecule has 1 atom stereocenters. The van der Waals surface area contributed by atoms with E-state index in [2.05, 4.69) is 5.10 Å². The van der Waals surface area contributed by atoms with Crippen molar-refractivity contribution >= 4 is 16.7 Å². The highest BCUT2D eigenvalue weighted by Crippen LogP contribution is 2.22. The lowest BCUT2D eigenvalue weighted by Crippen LogP contribution is -2.16. The third-order valence-corrected chi connectivity index (χ3v) is 3.64. The van der Waals surface area contributed by atoms with Crippen molar-refractivity contribution in [2.24, 2.45) is 0 Å². The number of rotatable bonds is 4. The Labute approximate surface area is 112 Å². The summed E-state index contributed by atoms with van der Waals surface area (Å²) in [6.45, 7) is 3.44. The Kier molecular flexibility index (Phi) is 3.34. The van der Waals surface area contributed by atoms with Gasteiger partial charge in [-0.3, -0.25) is 9.48 Å². The molecule has 1 aromatic carbocycles. The van der Waals surface area contributed by atoms with Crippen LogP contribution in [0.15, 0.2) is 24.3 Å². The van der Waals surface area contributed by atoms with E-state index in [0.717, 1.165) is 36.9 Å². The van der Waals surface area contributed by atoms with E-state index in [-0.39, 0.29) is 11.9 Å². The molecule has 0 amide bonds. The molecule has 3 rings (SSSR count). The molecule has 4 nitrogen and oxygen atoms in total. The fourth-order valence-corrected chi connectivity index (χ4v) is 2.62. The van der Waals surface area contributed by atoms with Crippen LogP contribution in [0.5, 0.6) is 0 Å². The molecule has 1 aliphatic rings.